The maximum Gasteiger partial charge on any atom is 0.257 e. The van der Waals surface area contributed by atoms with Gasteiger partial charge in [-0.1, -0.05) is 0 Å². The van der Waals surface area contributed by atoms with E-state index in [0.717, 1.165) is 12.8 Å². The van der Waals surface area contributed by atoms with Crippen LogP contribution in [0, 0.1) is 0 Å². The van der Waals surface area contributed by atoms with E-state index in [1.165, 1.54) is 13.3 Å². The number of ether oxygens (including phenoxy) is 1. The zero-order valence-corrected chi connectivity index (χ0v) is 10.9. The molecule has 1 fully saturated rings. The smallest absolute Gasteiger partial charge is 0.257 e. The van der Waals surface area contributed by atoms with E-state index >= 15 is 0 Å². The molecule has 0 aromatic carbocycles. The number of rotatable bonds is 4. The van der Waals surface area contributed by atoms with Gasteiger partial charge in [-0.3, -0.25) is 14.7 Å². The van der Waals surface area contributed by atoms with E-state index in [2.05, 4.69) is 15.5 Å². The molecule has 2 heterocycles. The standard InChI is InChI=1S/C12H18N4O3/c1-19-8-11(17)15-10-2-4-16(5-3-10)12(18)9-6-13-14-7-9/h6-7,10H,2-5,8H2,1H3,(H,13,14)(H,15,17). The number of carbonyl (C=O) groups is 2. The van der Waals surface area contributed by atoms with Crippen molar-refractivity contribution in [3.63, 3.8) is 0 Å². The molecule has 0 radical (unpaired) electrons. The van der Waals surface area contributed by atoms with Crippen molar-refractivity contribution in [1.29, 1.82) is 0 Å². The van der Waals surface area contributed by atoms with E-state index in [1.54, 1.807) is 11.1 Å². The lowest BCUT2D eigenvalue weighted by Gasteiger charge is -2.32. The number of hydrogen-bond acceptors (Lipinski definition) is 4. The third kappa shape index (κ3) is 3.54. The molecular weight excluding hydrogens is 248 g/mol. The highest BCUT2D eigenvalue weighted by atomic mass is 16.5. The van der Waals surface area contributed by atoms with Crippen LogP contribution in [0.4, 0.5) is 0 Å². The van der Waals surface area contributed by atoms with Gasteiger partial charge in [-0.25, -0.2) is 0 Å². The molecule has 1 aromatic heterocycles. The second-order valence-electron chi connectivity index (χ2n) is 4.55. The first-order valence-electron chi connectivity index (χ1n) is 6.27. The summed E-state index contributed by atoms with van der Waals surface area (Å²) in [5.41, 5.74) is 0.571. The second kappa shape index (κ2) is 6.33. The monoisotopic (exact) mass is 266 g/mol. The Morgan fingerprint density at radius 3 is 2.84 bits per heavy atom. The van der Waals surface area contributed by atoms with Crippen molar-refractivity contribution < 1.29 is 14.3 Å². The van der Waals surface area contributed by atoms with Gasteiger partial charge in [-0.15, -0.1) is 0 Å². The number of carbonyl (C=O) groups excluding carboxylic acids is 2. The summed E-state index contributed by atoms with van der Waals surface area (Å²) in [5, 5.41) is 9.29. The van der Waals surface area contributed by atoms with E-state index in [-0.39, 0.29) is 24.5 Å². The van der Waals surface area contributed by atoms with Crippen LogP contribution in [-0.4, -0.2) is 59.8 Å². The Kier molecular flexibility index (Phi) is 4.51. The van der Waals surface area contributed by atoms with Gasteiger partial charge in [-0.05, 0) is 12.8 Å². The molecule has 0 atom stereocenters. The van der Waals surface area contributed by atoms with Crippen molar-refractivity contribution in [2.24, 2.45) is 0 Å². The summed E-state index contributed by atoms with van der Waals surface area (Å²) in [6.45, 7) is 1.36. The molecule has 1 aliphatic heterocycles. The Labute approximate surface area is 111 Å². The minimum absolute atomic E-state index is 0.0181. The van der Waals surface area contributed by atoms with Crippen LogP contribution in [0.25, 0.3) is 0 Å². The van der Waals surface area contributed by atoms with Crippen molar-refractivity contribution in [2.45, 2.75) is 18.9 Å². The summed E-state index contributed by atoms with van der Waals surface area (Å²) in [5.74, 6) is -0.127. The molecule has 0 bridgehead atoms. The zero-order valence-electron chi connectivity index (χ0n) is 10.9. The van der Waals surface area contributed by atoms with Crippen LogP contribution in [0.1, 0.15) is 23.2 Å². The van der Waals surface area contributed by atoms with E-state index in [0.29, 0.717) is 18.7 Å². The fraction of sp³-hybridized carbons (Fsp3) is 0.583. The fourth-order valence-electron chi connectivity index (χ4n) is 2.18. The maximum atomic E-state index is 12.1. The number of aromatic nitrogens is 2. The summed E-state index contributed by atoms with van der Waals surface area (Å²) in [7, 11) is 1.49. The van der Waals surface area contributed by atoms with Gasteiger partial charge >= 0.3 is 0 Å². The topological polar surface area (TPSA) is 87.3 Å². The van der Waals surface area contributed by atoms with Gasteiger partial charge < -0.3 is 15.0 Å². The summed E-state index contributed by atoms with van der Waals surface area (Å²) >= 11 is 0. The van der Waals surface area contributed by atoms with Crippen LogP contribution < -0.4 is 5.32 Å². The van der Waals surface area contributed by atoms with Gasteiger partial charge in [0.1, 0.15) is 6.61 Å². The molecule has 0 saturated carbocycles. The Morgan fingerprint density at radius 1 is 1.53 bits per heavy atom. The largest absolute Gasteiger partial charge is 0.375 e. The number of likely N-dealkylation sites (tertiary alicyclic amines) is 1. The van der Waals surface area contributed by atoms with Crippen molar-refractivity contribution in [2.75, 3.05) is 26.8 Å². The Balaban J connectivity index is 1.79. The van der Waals surface area contributed by atoms with Crippen molar-refractivity contribution in [3.8, 4) is 0 Å². The van der Waals surface area contributed by atoms with Crippen LogP contribution in [0.3, 0.4) is 0 Å². The molecule has 1 saturated heterocycles. The summed E-state index contributed by atoms with van der Waals surface area (Å²) in [4.78, 5) is 25.2. The Hall–Kier alpha value is -1.89. The Morgan fingerprint density at radius 2 is 2.26 bits per heavy atom. The minimum atomic E-state index is -0.109. The summed E-state index contributed by atoms with van der Waals surface area (Å²) < 4.78 is 4.77. The lowest BCUT2D eigenvalue weighted by Crippen LogP contribution is -2.47. The molecule has 19 heavy (non-hydrogen) atoms. The number of nitrogens with one attached hydrogen (secondary N) is 2. The first-order valence-corrected chi connectivity index (χ1v) is 6.27. The predicted molar refractivity (Wildman–Crippen MR) is 67.5 cm³/mol. The molecule has 2 amide bonds. The van der Waals surface area contributed by atoms with Crippen molar-refractivity contribution in [1.82, 2.24) is 20.4 Å². The van der Waals surface area contributed by atoms with Gasteiger partial charge in [0, 0.05) is 32.4 Å². The summed E-state index contributed by atoms with van der Waals surface area (Å²) in [6.07, 6.45) is 4.64. The van der Waals surface area contributed by atoms with Gasteiger partial charge in [0.15, 0.2) is 0 Å². The normalized spacial score (nSPS) is 16.4. The average Bonchev–Trinajstić information content (AvgIpc) is 2.93. The number of nitrogens with zero attached hydrogens (tertiary/aromatic N) is 2. The van der Waals surface area contributed by atoms with E-state index in [4.69, 9.17) is 4.74 Å². The first kappa shape index (κ1) is 13.5. The molecule has 104 valence electrons. The summed E-state index contributed by atoms with van der Waals surface area (Å²) in [6, 6.07) is 0.121. The maximum absolute atomic E-state index is 12.1. The molecule has 2 N–H and O–H groups in total. The predicted octanol–water partition coefficient (Wildman–Crippen LogP) is -0.223. The number of hydrogen-bond donors (Lipinski definition) is 2. The molecule has 0 unspecified atom stereocenters. The number of aromatic amines is 1. The molecule has 1 aliphatic rings. The quantitative estimate of drug-likeness (QED) is 0.788. The van der Waals surface area contributed by atoms with Gasteiger partial charge in [0.25, 0.3) is 5.91 Å². The molecule has 1 aromatic rings. The molecule has 7 nitrogen and oxygen atoms in total. The number of methoxy groups -OCH3 is 1. The first-order chi connectivity index (χ1) is 9.20. The third-order valence-corrected chi connectivity index (χ3v) is 3.17. The van der Waals surface area contributed by atoms with E-state index in [9.17, 15) is 9.59 Å². The van der Waals surface area contributed by atoms with Crippen molar-refractivity contribution >= 4 is 11.8 Å². The van der Waals surface area contributed by atoms with Crippen LogP contribution in [0.5, 0.6) is 0 Å². The molecule has 0 aliphatic carbocycles. The van der Waals surface area contributed by atoms with E-state index in [1.807, 2.05) is 0 Å². The lowest BCUT2D eigenvalue weighted by atomic mass is 10.0. The SMILES string of the molecule is COCC(=O)NC1CCN(C(=O)c2cn[nH]c2)CC1. The fourth-order valence-corrected chi connectivity index (χ4v) is 2.18. The molecule has 0 spiro atoms. The van der Waals surface area contributed by atoms with Gasteiger partial charge in [0.05, 0.1) is 11.8 Å². The highest BCUT2D eigenvalue weighted by Crippen LogP contribution is 2.13. The highest BCUT2D eigenvalue weighted by Gasteiger charge is 2.24. The zero-order chi connectivity index (χ0) is 13.7. The highest BCUT2D eigenvalue weighted by molar-refractivity contribution is 5.93. The van der Waals surface area contributed by atoms with Crippen LogP contribution >= 0.6 is 0 Å². The minimum Gasteiger partial charge on any atom is -0.375 e. The third-order valence-electron chi connectivity index (χ3n) is 3.17. The number of H-pyrrole nitrogens is 1. The molecule has 7 heteroatoms. The average molecular weight is 266 g/mol. The molecule has 2 rings (SSSR count). The van der Waals surface area contributed by atoms with Gasteiger partial charge in [0.2, 0.25) is 5.91 Å². The van der Waals surface area contributed by atoms with Crippen LogP contribution in [0.15, 0.2) is 12.4 Å². The van der Waals surface area contributed by atoms with Gasteiger partial charge in [-0.2, -0.15) is 5.10 Å². The van der Waals surface area contributed by atoms with Crippen LogP contribution in [-0.2, 0) is 9.53 Å². The second-order valence-corrected chi connectivity index (χ2v) is 4.55. The van der Waals surface area contributed by atoms with Crippen molar-refractivity contribution in [3.05, 3.63) is 18.0 Å². The number of amides is 2. The molecular formula is C12H18N4O3. The Bertz CT molecular complexity index is 424. The number of piperidine rings is 1. The van der Waals surface area contributed by atoms with Crippen LogP contribution in [0.2, 0.25) is 0 Å². The lowest BCUT2D eigenvalue weighted by molar-refractivity contribution is -0.125. The van der Waals surface area contributed by atoms with E-state index < -0.39 is 0 Å².